The molecule has 2 saturated heterocycles. The maximum Gasteiger partial charge on any atom is 0.270 e. The van der Waals surface area contributed by atoms with Gasteiger partial charge in [-0.1, -0.05) is 36.8 Å². The van der Waals surface area contributed by atoms with E-state index in [1.807, 2.05) is 17.8 Å². The van der Waals surface area contributed by atoms with Crippen LogP contribution in [0.5, 0.6) is 0 Å². The molecule has 1 aromatic heterocycles. The fourth-order valence-corrected chi connectivity index (χ4v) is 6.74. The lowest BCUT2D eigenvalue weighted by molar-refractivity contribution is -0.123. The molecule has 0 unspecified atom stereocenters. The first-order chi connectivity index (χ1) is 14.4. The Hall–Kier alpha value is -1.76. The number of carbonyl (C=O) groups is 1. The molecule has 0 atom stereocenters. The first-order valence-electron chi connectivity index (χ1n) is 10.2. The van der Waals surface area contributed by atoms with Gasteiger partial charge in [-0.3, -0.25) is 19.1 Å². The molecule has 0 radical (unpaired) electrons. The van der Waals surface area contributed by atoms with E-state index in [2.05, 4.69) is 11.0 Å². The molecule has 2 aliphatic heterocycles. The summed E-state index contributed by atoms with van der Waals surface area (Å²) in [5, 5.41) is 9.59. The van der Waals surface area contributed by atoms with Gasteiger partial charge in [0.15, 0.2) is 0 Å². The molecule has 6 nitrogen and oxygen atoms in total. The van der Waals surface area contributed by atoms with E-state index in [0.717, 1.165) is 61.7 Å². The summed E-state index contributed by atoms with van der Waals surface area (Å²) in [4.78, 5) is 30.6. The third-order valence-corrected chi connectivity index (χ3v) is 8.34. The van der Waals surface area contributed by atoms with E-state index in [9.17, 15) is 14.9 Å². The molecule has 3 heterocycles. The highest BCUT2D eigenvalue weighted by Crippen LogP contribution is 2.39. The number of aromatic nitrogens is 1. The highest BCUT2D eigenvalue weighted by atomic mass is 32.2. The molecule has 0 spiro atoms. The molecule has 3 fully saturated rings. The SMILES string of the molecule is Cc1c(/C=C2\SC(=S)N(C3CCCC3)C2=O)c(N2CCSCC2)n(C)c(=O)c1C#N. The van der Waals surface area contributed by atoms with Gasteiger partial charge in [0.05, 0.1) is 4.91 Å². The molecule has 0 N–H and O–H groups in total. The minimum Gasteiger partial charge on any atom is -0.356 e. The average Bonchev–Trinajstić information content (AvgIpc) is 3.35. The molecule has 1 aromatic rings. The number of hydrogen-bond acceptors (Lipinski definition) is 7. The van der Waals surface area contributed by atoms with Gasteiger partial charge in [0.2, 0.25) is 0 Å². The Labute approximate surface area is 190 Å². The van der Waals surface area contributed by atoms with Crippen molar-refractivity contribution in [2.24, 2.45) is 7.05 Å². The van der Waals surface area contributed by atoms with Gasteiger partial charge in [0.25, 0.3) is 11.5 Å². The van der Waals surface area contributed by atoms with Crippen molar-refractivity contribution in [2.75, 3.05) is 29.5 Å². The summed E-state index contributed by atoms with van der Waals surface area (Å²) in [7, 11) is 1.71. The minimum atomic E-state index is -0.293. The smallest absolute Gasteiger partial charge is 0.270 e. The Bertz CT molecular complexity index is 1030. The Kier molecular flexibility index (Phi) is 6.28. The van der Waals surface area contributed by atoms with Crippen LogP contribution in [0.3, 0.4) is 0 Å². The van der Waals surface area contributed by atoms with Crippen LogP contribution in [-0.2, 0) is 11.8 Å². The number of rotatable bonds is 3. The number of anilines is 1. The molecule has 158 valence electrons. The first-order valence-corrected chi connectivity index (χ1v) is 12.6. The lowest BCUT2D eigenvalue weighted by Crippen LogP contribution is -2.38. The van der Waals surface area contributed by atoms with Gasteiger partial charge in [-0.25, -0.2) is 0 Å². The highest BCUT2D eigenvalue weighted by molar-refractivity contribution is 8.26. The van der Waals surface area contributed by atoms with E-state index in [4.69, 9.17) is 12.2 Å². The van der Waals surface area contributed by atoms with Crippen molar-refractivity contribution >= 4 is 57.9 Å². The number of pyridine rings is 1. The van der Waals surface area contributed by atoms with Crippen LogP contribution in [0.4, 0.5) is 5.82 Å². The fraction of sp³-hybridized carbons (Fsp3) is 0.524. The Balaban J connectivity index is 1.82. The van der Waals surface area contributed by atoms with Gasteiger partial charge >= 0.3 is 0 Å². The molecule has 0 aromatic carbocycles. The Morgan fingerprint density at radius 2 is 1.87 bits per heavy atom. The minimum absolute atomic E-state index is 0.0520. The molecule has 4 rings (SSSR count). The van der Waals surface area contributed by atoms with Crippen LogP contribution in [0, 0.1) is 18.3 Å². The van der Waals surface area contributed by atoms with Gasteiger partial charge in [0.1, 0.15) is 21.8 Å². The number of thiocarbonyl (C=S) groups is 1. The van der Waals surface area contributed by atoms with Crippen LogP contribution in [0.15, 0.2) is 9.70 Å². The zero-order valence-corrected chi connectivity index (χ0v) is 19.6. The maximum atomic E-state index is 13.2. The van der Waals surface area contributed by atoms with Gasteiger partial charge in [-0.2, -0.15) is 17.0 Å². The quantitative estimate of drug-likeness (QED) is 0.506. The van der Waals surface area contributed by atoms with Gasteiger partial charge in [-0.15, -0.1) is 0 Å². The largest absolute Gasteiger partial charge is 0.356 e. The van der Waals surface area contributed by atoms with Crippen LogP contribution in [0.2, 0.25) is 0 Å². The normalized spacial score (nSPS) is 21.7. The summed E-state index contributed by atoms with van der Waals surface area (Å²) in [5.74, 6) is 2.69. The van der Waals surface area contributed by atoms with Crippen molar-refractivity contribution in [1.82, 2.24) is 9.47 Å². The molecule has 30 heavy (non-hydrogen) atoms. The summed E-state index contributed by atoms with van der Waals surface area (Å²) in [6.07, 6.45) is 6.09. The monoisotopic (exact) mass is 460 g/mol. The van der Waals surface area contributed by atoms with Crippen LogP contribution < -0.4 is 10.5 Å². The third kappa shape index (κ3) is 3.70. The van der Waals surface area contributed by atoms with E-state index in [1.54, 1.807) is 23.4 Å². The standard InChI is InChI=1S/C21H24N4O2S3/c1-13-15(11-17-20(27)25(21(28)30-17)14-5-3-4-6-14)18(24-7-9-29-10-8-24)23(2)19(26)16(13)12-22/h11,14H,3-10H2,1-2H3/b17-11-. The second-order valence-corrected chi connectivity index (χ2v) is 10.7. The van der Waals surface area contributed by atoms with E-state index in [-0.39, 0.29) is 23.1 Å². The van der Waals surface area contributed by atoms with Gasteiger partial charge < -0.3 is 4.90 Å². The van der Waals surface area contributed by atoms with Crippen molar-refractivity contribution in [3.8, 4) is 6.07 Å². The second kappa shape index (κ2) is 8.77. The molecule has 1 amide bonds. The number of carbonyl (C=O) groups excluding carboxylic acids is 1. The van der Waals surface area contributed by atoms with E-state index >= 15 is 0 Å². The number of amides is 1. The van der Waals surface area contributed by atoms with Gasteiger partial charge in [-0.05, 0) is 31.4 Å². The first kappa shape index (κ1) is 21.5. The van der Waals surface area contributed by atoms with Gasteiger partial charge in [0, 0.05) is 43.2 Å². The summed E-state index contributed by atoms with van der Waals surface area (Å²) in [6.45, 7) is 3.45. The Morgan fingerprint density at radius 1 is 1.20 bits per heavy atom. The zero-order chi connectivity index (χ0) is 21.4. The van der Waals surface area contributed by atoms with Crippen LogP contribution in [0.1, 0.15) is 42.4 Å². The highest BCUT2D eigenvalue weighted by Gasteiger charge is 2.38. The van der Waals surface area contributed by atoms with Crippen LogP contribution in [-0.4, -0.2) is 50.3 Å². The lowest BCUT2D eigenvalue weighted by Gasteiger charge is -2.32. The fourth-order valence-electron chi connectivity index (χ4n) is 4.46. The molecular weight excluding hydrogens is 436 g/mol. The average molecular weight is 461 g/mol. The number of nitriles is 1. The second-order valence-electron chi connectivity index (χ2n) is 7.80. The predicted octanol–water partition coefficient (Wildman–Crippen LogP) is 3.26. The summed E-state index contributed by atoms with van der Waals surface area (Å²) in [5.41, 5.74) is 1.23. The topological polar surface area (TPSA) is 69.3 Å². The van der Waals surface area contributed by atoms with E-state index in [1.165, 1.54) is 11.8 Å². The number of hydrogen-bond donors (Lipinski definition) is 0. The number of thioether (sulfide) groups is 2. The summed E-state index contributed by atoms with van der Waals surface area (Å²) < 4.78 is 2.17. The summed E-state index contributed by atoms with van der Waals surface area (Å²) in [6, 6.07) is 2.25. The molecule has 1 saturated carbocycles. The molecular formula is C21H24N4O2S3. The third-order valence-electron chi connectivity index (χ3n) is 6.07. The Morgan fingerprint density at radius 3 is 2.50 bits per heavy atom. The van der Waals surface area contributed by atoms with Crippen molar-refractivity contribution in [3.63, 3.8) is 0 Å². The zero-order valence-electron chi connectivity index (χ0n) is 17.1. The van der Waals surface area contributed by atoms with Crippen molar-refractivity contribution < 1.29 is 4.79 Å². The predicted molar refractivity (Wildman–Crippen MR) is 128 cm³/mol. The molecule has 3 aliphatic rings. The molecule has 0 bridgehead atoms. The van der Waals surface area contributed by atoms with Crippen molar-refractivity contribution in [3.05, 3.63) is 31.9 Å². The van der Waals surface area contributed by atoms with Crippen molar-refractivity contribution in [1.29, 1.82) is 5.26 Å². The van der Waals surface area contributed by atoms with Crippen molar-refractivity contribution in [2.45, 2.75) is 38.6 Å². The summed E-state index contributed by atoms with van der Waals surface area (Å²) >= 11 is 8.76. The van der Waals surface area contributed by atoms with E-state index in [0.29, 0.717) is 14.8 Å². The maximum absolute atomic E-state index is 13.2. The lowest BCUT2D eigenvalue weighted by atomic mass is 10.0. The van der Waals surface area contributed by atoms with Crippen LogP contribution >= 0.6 is 35.7 Å². The van der Waals surface area contributed by atoms with E-state index < -0.39 is 0 Å². The molecule has 9 heteroatoms. The number of nitrogens with zero attached hydrogens (tertiary/aromatic N) is 4. The molecule has 1 aliphatic carbocycles. The van der Waals surface area contributed by atoms with Crippen LogP contribution in [0.25, 0.3) is 6.08 Å².